The molecule has 1 amide bonds. The SMILES string of the molecule is O=C([C@@H]1CC=CCC1)N1CCO[C@H]2CC[C@H]1[C@H]2OCC1CC1. The number of amides is 1. The Hall–Kier alpha value is -0.870. The number of hydrogen-bond donors (Lipinski definition) is 0. The zero-order chi connectivity index (χ0) is 14.9. The largest absolute Gasteiger partial charge is 0.374 e. The van der Waals surface area contributed by atoms with E-state index in [-0.39, 0.29) is 24.2 Å². The number of carbonyl (C=O) groups is 1. The van der Waals surface area contributed by atoms with Crippen molar-refractivity contribution in [1.29, 1.82) is 0 Å². The Balaban J connectivity index is 1.45. The van der Waals surface area contributed by atoms with E-state index in [1.165, 1.54) is 12.8 Å². The molecule has 0 N–H and O–H groups in total. The van der Waals surface area contributed by atoms with Crippen molar-refractivity contribution in [2.75, 3.05) is 19.8 Å². The van der Waals surface area contributed by atoms with E-state index < -0.39 is 0 Å². The van der Waals surface area contributed by atoms with Gasteiger partial charge in [0, 0.05) is 19.1 Å². The van der Waals surface area contributed by atoms with Crippen LogP contribution < -0.4 is 0 Å². The van der Waals surface area contributed by atoms with E-state index in [4.69, 9.17) is 9.47 Å². The van der Waals surface area contributed by atoms with Crippen molar-refractivity contribution in [1.82, 2.24) is 4.90 Å². The van der Waals surface area contributed by atoms with Crippen LogP contribution >= 0.6 is 0 Å². The predicted octanol–water partition coefficient (Wildman–Crippen LogP) is 2.53. The predicted molar refractivity (Wildman–Crippen MR) is 83.4 cm³/mol. The van der Waals surface area contributed by atoms with E-state index in [0.717, 1.165) is 51.2 Å². The molecule has 3 aliphatic carbocycles. The molecule has 0 unspecified atom stereocenters. The van der Waals surface area contributed by atoms with Gasteiger partial charge in [-0.25, -0.2) is 0 Å². The van der Waals surface area contributed by atoms with Gasteiger partial charge in [-0.2, -0.15) is 0 Å². The Kier molecular flexibility index (Phi) is 4.23. The summed E-state index contributed by atoms with van der Waals surface area (Å²) in [5.74, 6) is 1.27. The van der Waals surface area contributed by atoms with Gasteiger partial charge in [0.05, 0.1) is 18.8 Å². The van der Waals surface area contributed by atoms with Crippen molar-refractivity contribution >= 4 is 5.91 Å². The third-order valence-corrected chi connectivity index (χ3v) is 5.68. The summed E-state index contributed by atoms with van der Waals surface area (Å²) in [5.41, 5.74) is 0. The van der Waals surface area contributed by atoms with E-state index in [1.54, 1.807) is 0 Å². The van der Waals surface area contributed by atoms with Crippen LogP contribution in [-0.4, -0.2) is 48.8 Å². The van der Waals surface area contributed by atoms with Crippen molar-refractivity contribution in [3.63, 3.8) is 0 Å². The molecule has 4 rings (SSSR count). The van der Waals surface area contributed by atoms with Crippen LogP contribution in [0.3, 0.4) is 0 Å². The van der Waals surface area contributed by atoms with E-state index in [1.807, 2.05) is 0 Å². The number of fused-ring (bicyclic) bond motifs is 2. The lowest BCUT2D eigenvalue weighted by molar-refractivity contribution is -0.140. The zero-order valence-electron chi connectivity index (χ0n) is 13.3. The van der Waals surface area contributed by atoms with Crippen LogP contribution in [0.1, 0.15) is 44.9 Å². The van der Waals surface area contributed by atoms with Crippen LogP contribution in [0.2, 0.25) is 0 Å². The van der Waals surface area contributed by atoms with Gasteiger partial charge in [-0.05, 0) is 50.9 Å². The second kappa shape index (κ2) is 6.32. The highest BCUT2D eigenvalue weighted by molar-refractivity contribution is 5.79. The molecule has 0 spiro atoms. The first-order valence-corrected chi connectivity index (χ1v) is 9.01. The highest BCUT2D eigenvalue weighted by Crippen LogP contribution is 2.36. The summed E-state index contributed by atoms with van der Waals surface area (Å²) in [5, 5.41) is 0. The molecule has 1 aliphatic heterocycles. The van der Waals surface area contributed by atoms with Gasteiger partial charge < -0.3 is 14.4 Å². The van der Waals surface area contributed by atoms with Crippen molar-refractivity contribution in [3.8, 4) is 0 Å². The molecule has 4 aliphatic rings. The van der Waals surface area contributed by atoms with Gasteiger partial charge in [-0.15, -0.1) is 0 Å². The minimum atomic E-state index is 0.103. The maximum absolute atomic E-state index is 13.0. The molecule has 0 radical (unpaired) electrons. The van der Waals surface area contributed by atoms with Crippen LogP contribution in [0.4, 0.5) is 0 Å². The topological polar surface area (TPSA) is 38.8 Å². The molecular formula is C18H27NO3. The molecule has 4 nitrogen and oxygen atoms in total. The van der Waals surface area contributed by atoms with Gasteiger partial charge in [0.25, 0.3) is 0 Å². The summed E-state index contributed by atoms with van der Waals surface area (Å²) >= 11 is 0. The molecule has 4 heteroatoms. The number of rotatable bonds is 4. The first-order valence-electron chi connectivity index (χ1n) is 9.01. The lowest BCUT2D eigenvalue weighted by atomic mass is 9.92. The molecule has 4 atom stereocenters. The van der Waals surface area contributed by atoms with Gasteiger partial charge >= 0.3 is 0 Å². The van der Waals surface area contributed by atoms with Gasteiger partial charge in [0.2, 0.25) is 5.91 Å². The second-order valence-electron chi connectivity index (χ2n) is 7.31. The first kappa shape index (κ1) is 14.7. The van der Waals surface area contributed by atoms with E-state index in [2.05, 4.69) is 17.1 Å². The number of ether oxygens (including phenoxy) is 2. The van der Waals surface area contributed by atoms with Crippen molar-refractivity contribution in [2.45, 2.75) is 63.2 Å². The molecule has 3 fully saturated rings. The van der Waals surface area contributed by atoms with E-state index in [0.29, 0.717) is 12.5 Å². The fourth-order valence-electron chi connectivity index (χ4n) is 4.17. The smallest absolute Gasteiger partial charge is 0.226 e. The minimum absolute atomic E-state index is 0.103. The lowest BCUT2D eigenvalue weighted by Gasteiger charge is -2.34. The molecular weight excluding hydrogens is 278 g/mol. The molecule has 1 saturated heterocycles. The van der Waals surface area contributed by atoms with Crippen molar-refractivity contribution in [3.05, 3.63) is 12.2 Å². The Morgan fingerprint density at radius 3 is 2.86 bits per heavy atom. The summed E-state index contributed by atoms with van der Waals surface area (Å²) in [6.45, 7) is 2.26. The van der Waals surface area contributed by atoms with Crippen LogP contribution in [-0.2, 0) is 14.3 Å². The highest BCUT2D eigenvalue weighted by atomic mass is 16.5. The average molecular weight is 305 g/mol. The fraction of sp³-hybridized carbons (Fsp3) is 0.833. The van der Waals surface area contributed by atoms with Crippen LogP contribution in [0, 0.1) is 11.8 Å². The van der Waals surface area contributed by atoms with Gasteiger partial charge in [0.1, 0.15) is 6.10 Å². The average Bonchev–Trinajstić information content (AvgIpc) is 3.30. The van der Waals surface area contributed by atoms with Crippen LogP contribution in [0.25, 0.3) is 0 Å². The maximum atomic E-state index is 13.0. The lowest BCUT2D eigenvalue weighted by Crippen LogP contribution is -2.48. The Morgan fingerprint density at radius 2 is 2.09 bits per heavy atom. The van der Waals surface area contributed by atoms with Crippen molar-refractivity contribution < 1.29 is 14.3 Å². The summed E-state index contributed by atoms with van der Waals surface area (Å²) in [6.07, 6.45) is 12.3. The van der Waals surface area contributed by atoms with E-state index in [9.17, 15) is 4.79 Å². The third-order valence-electron chi connectivity index (χ3n) is 5.68. The number of hydrogen-bond acceptors (Lipinski definition) is 3. The molecule has 22 heavy (non-hydrogen) atoms. The number of nitrogens with zero attached hydrogens (tertiary/aromatic N) is 1. The molecule has 0 aromatic heterocycles. The van der Waals surface area contributed by atoms with Crippen molar-refractivity contribution in [2.24, 2.45) is 11.8 Å². The zero-order valence-corrected chi connectivity index (χ0v) is 13.3. The fourth-order valence-corrected chi connectivity index (χ4v) is 4.17. The van der Waals surface area contributed by atoms with Crippen LogP contribution in [0.5, 0.6) is 0 Å². The Labute approximate surface area is 132 Å². The molecule has 122 valence electrons. The highest BCUT2D eigenvalue weighted by Gasteiger charge is 2.46. The first-order chi connectivity index (χ1) is 10.8. The Bertz CT molecular complexity index is 446. The number of allylic oxidation sites excluding steroid dienone is 2. The molecule has 2 bridgehead atoms. The Morgan fingerprint density at radius 1 is 1.18 bits per heavy atom. The molecule has 0 aromatic carbocycles. The molecule has 2 saturated carbocycles. The summed E-state index contributed by atoms with van der Waals surface area (Å²) in [4.78, 5) is 15.1. The third kappa shape index (κ3) is 2.95. The second-order valence-corrected chi connectivity index (χ2v) is 7.31. The van der Waals surface area contributed by atoms with E-state index >= 15 is 0 Å². The minimum Gasteiger partial charge on any atom is -0.374 e. The van der Waals surface area contributed by atoms with Gasteiger partial charge in [0.15, 0.2) is 0 Å². The summed E-state index contributed by atoms with van der Waals surface area (Å²) in [7, 11) is 0. The normalized spacial score (nSPS) is 38.1. The monoisotopic (exact) mass is 305 g/mol. The molecule has 1 heterocycles. The van der Waals surface area contributed by atoms with Gasteiger partial charge in [-0.3, -0.25) is 4.79 Å². The summed E-state index contributed by atoms with van der Waals surface area (Å²) < 4.78 is 12.2. The van der Waals surface area contributed by atoms with Gasteiger partial charge in [-0.1, -0.05) is 12.2 Å². The van der Waals surface area contributed by atoms with Crippen LogP contribution in [0.15, 0.2) is 12.2 Å². The number of carbonyl (C=O) groups excluding carboxylic acids is 1. The molecule has 0 aromatic rings. The standard InChI is InChI=1S/C18H27NO3/c20-18(14-4-2-1-3-5-14)19-10-11-21-16-9-8-15(19)17(16)22-12-13-6-7-13/h1-2,13-17H,3-12H2/t14-,15+,16+,17-/m1/s1. The quantitative estimate of drug-likeness (QED) is 0.749. The summed E-state index contributed by atoms with van der Waals surface area (Å²) in [6, 6.07) is 0.240. The maximum Gasteiger partial charge on any atom is 0.226 e.